The molecule has 1 rings (SSSR count). The minimum atomic E-state index is -3.52. The van der Waals surface area contributed by atoms with Crippen molar-refractivity contribution in [2.24, 2.45) is 0 Å². The van der Waals surface area contributed by atoms with E-state index < -0.39 is 10.0 Å². The average Bonchev–Trinajstić information content (AvgIpc) is 2.52. The number of hydrogen-bond acceptors (Lipinski definition) is 4. The third kappa shape index (κ3) is 6.28. The SMILES string of the molecule is CCCCCc1ccc(S(=O)(=O)N(C)C(C)CSC(C)=O)cc1. The van der Waals surface area contributed by atoms with E-state index in [2.05, 4.69) is 6.92 Å². The summed E-state index contributed by atoms with van der Waals surface area (Å²) < 4.78 is 26.6. The lowest BCUT2D eigenvalue weighted by Gasteiger charge is -2.23. The number of carbonyl (C=O) groups is 1. The molecule has 1 atom stereocenters. The van der Waals surface area contributed by atoms with Crippen LogP contribution in [0.15, 0.2) is 29.2 Å². The van der Waals surface area contributed by atoms with E-state index in [1.54, 1.807) is 19.2 Å². The summed E-state index contributed by atoms with van der Waals surface area (Å²) in [7, 11) is -1.95. The minimum absolute atomic E-state index is 0.000852. The van der Waals surface area contributed by atoms with Gasteiger partial charge in [-0.2, -0.15) is 4.31 Å². The molecule has 0 aliphatic carbocycles. The zero-order chi connectivity index (χ0) is 17.5. The zero-order valence-corrected chi connectivity index (χ0v) is 16.0. The number of nitrogens with zero attached hydrogens (tertiary/aromatic N) is 1. The molecule has 0 saturated heterocycles. The summed E-state index contributed by atoms with van der Waals surface area (Å²) in [6.45, 7) is 5.47. The summed E-state index contributed by atoms with van der Waals surface area (Å²) in [5, 5.41) is -0.000852. The van der Waals surface area contributed by atoms with E-state index >= 15 is 0 Å². The summed E-state index contributed by atoms with van der Waals surface area (Å²) in [6.07, 6.45) is 4.47. The molecule has 0 saturated carbocycles. The Bertz CT molecular complexity index is 597. The van der Waals surface area contributed by atoms with Crippen LogP contribution in [-0.4, -0.2) is 36.7 Å². The molecule has 1 unspecified atom stereocenters. The van der Waals surface area contributed by atoms with Crippen molar-refractivity contribution in [1.29, 1.82) is 0 Å². The van der Waals surface area contributed by atoms with Gasteiger partial charge in [-0.25, -0.2) is 8.42 Å². The van der Waals surface area contributed by atoms with Crippen molar-refractivity contribution < 1.29 is 13.2 Å². The molecule has 0 amide bonds. The van der Waals surface area contributed by atoms with Crippen LogP contribution >= 0.6 is 11.8 Å². The van der Waals surface area contributed by atoms with Gasteiger partial charge in [0, 0.05) is 25.8 Å². The fourth-order valence-electron chi connectivity index (χ4n) is 2.15. The van der Waals surface area contributed by atoms with Crippen LogP contribution in [0.25, 0.3) is 0 Å². The molecule has 23 heavy (non-hydrogen) atoms. The van der Waals surface area contributed by atoms with Crippen molar-refractivity contribution in [3.8, 4) is 0 Å². The van der Waals surface area contributed by atoms with Crippen molar-refractivity contribution >= 4 is 26.9 Å². The Hall–Kier alpha value is -0.850. The molecule has 0 aromatic heterocycles. The third-order valence-corrected chi connectivity index (χ3v) is 6.86. The van der Waals surface area contributed by atoms with E-state index in [9.17, 15) is 13.2 Å². The summed E-state index contributed by atoms with van der Waals surface area (Å²) in [6, 6.07) is 6.91. The van der Waals surface area contributed by atoms with Crippen molar-refractivity contribution in [3.05, 3.63) is 29.8 Å². The van der Waals surface area contributed by atoms with E-state index in [0.29, 0.717) is 10.6 Å². The van der Waals surface area contributed by atoms with Crippen molar-refractivity contribution in [3.63, 3.8) is 0 Å². The second kappa shape index (κ2) is 9.45. The normalized spacial score (nSPS) is 13.3. The number of thioether (sulfide) groups is 1. The summed E-state index contributed by atoms with van der Waals surface area (Å²) in [4.78, 5) is 11.3. The maximum absolute atomic E-state index is 12.6. The van der Waals surface area contributed by atoms with Gasteiger partial charge in [-0.3, -0.25) is 4.79 Å². The van der Waals surface area contributed by atoms with E-state index in [4.69, 9.17) is 0 Å². The number of sulfonamides is 1. The van der Waals surface area contributed by atoms with Crippen LogP contribution in [-0.2, 0) is 21.2 Å². The maximum Gasteiger partial charge on any atom is 0.243 e. The molecule has 1 aromatic rings. The maximum atomic E-state index is 12.6. The first kappa shape index (κ1) is 20.2. The molecule has 4 nitrogen and oxygen atoms in total. The van der Waals surface area contributed by atoms with Gasteiger partial charge >= 0.3 is 0 Å². The lowest BCUT2D eigenvalue weighted by molar-refractivity contribution is -0.109. The van der Waals surface area contributed by atoms with Gasteiger partial charge in [0.15, 0.2) is 5.12 Å². The Morgan fingerprint density at radius 1 is 1.22 bits per heavy atom. The highest BCUT2D eigenvalue weighted by molar-refractivity contribution is 8.13. The topological polar surface area (TPSA) is 54.5 Å². The van der Waals surface area contributed by atoms with Crippen molar-refractivity contribution in [2.45, 2.75) is 57.4 Å². The number of unbranched alkanes of at least 4 members (excludes halogenated alkanes) is 2. The molecular weight excluding hydrogens is 330 g/mol. The predicted octanol–water partition coefficient (Wildman–Crippen LogP) is 3.71. The molecular formula is C17H27NO3S2. The number of rotatable bonds is 9. The average molecular weight is 358 g/mol. The molecule has 0 N–H and O–H groups in total. The smallest absolute Gasteiger partial charge is 0.243 e. The molecule has 0 heterocycles. The van der Waals surface area contributed by atoms with Gasteiger partial charge in [-0.15, -0.1) is 0 Å². The van der Waals surface area contributed by atoms with Crippen LogP contribution in [0.3, 0.4) is 0 Å². The monoisotopic (exact) mass is 357 g/mol. The zero-order valence-electron chi connectivity index (χ0n) is 14.4. The van der Waals surface area contributed by atoms with E-state index in [1.807, 2.05) is 19.1 Å². The Labute approximate surface area is 144 Å². The molecule has 0 aliphatic rings. The third-order valence-electron chi connectivity index (χ3n) is 3.82. The largest absolute Gasteiger partial charge is 0.288 e. The number of aryl methyl sites for hydroxylation is 1. The van der Waals surface area contributed by atoms with Gasteiger partial charge in [0.25, 0.3) is 0 Å². The van der Waals surface area contributed by atoms with Gasteiger partial charge in [0.2, 0.25) is 10.0 Å². The molecule has 6 heteroatoms. The number of hydrogen-bond donors (Lipinski definition) is 0. The van der Waals surface area contributed by atoms with Gasteiger partial charge in [-0.05, 0) is 37.5 Å². The van der Waals surface area contributed by atoms with Crippen molar-refractivity contribution in [2.75, 3.05) is 12.8 Å². The summed E-state index contributed by atoms with van der Waals surface area (Å²) in [5.41, 5.74) is 1.17. The van der Waals surface area contributed by atoms with Gasteiger partial charge in [0.1, 0.15) is 0 Å². The second-order valence-electron chi connectivity index (χ2n) is 5.77. The standard InChI is InChI=1S/C17H27NO3S2/c1-5-6-7-8-16-9-11-17(12-10-16)23(20,21)18(4)14(2)13-22-15(3)19/h9-12,14H,5-8,13H2,1-4H3. The van der Waals surface area contributed by atoms with Crippen LogP contribution in [0.2, 0.25) is 0 Å². The van der Waals surface area contributed by atoms with Crippen LogP contribution in [0.4, 0.5) is 0 Å². The molecule has 1 aromatic carbocycles. The molecule has 0 fully saturated rings. The fraction of sp³-hybridized carbons (Fsp3) is 0.588. The Kier molecular flexibility index (Phi) is 8.29. The van der Waals surface area contributed by atoms with Crippen LogP contribution < -0.4 is 0 Å². The highest BCUT2D eigenvalue weighted by Gasteiger charge is 2.25. The molecule has 130 valence electrons. The highest BCUT2D eigenvalue weighted by atomic mass is 32.2. The molecule has 0 aliphatic heterocycles. The summed E-state index contributed by atoms with van der Waals surface area (Å²) >= 11 is 1.15. The van der Waals surface area contributed by atoms with E-state index in [0.717, 1.165) is 24.6 Å². The Morgan fingerprint density at radius 3 is 2.35 bits per heavy atom. The van der Waals surface area contributed by atoms with Crippen LogP contribution in [0, 0.1) is 0 Å². The van der Waals surface area contributed by atoms with Gasteiger partial charge in [0.05, 0.1) is 4.90 Å². The van der Waals surface area contributed by atoms with Crippen LogP contribution in [0.5, 0.6) is 0 Å². The molecule has 0 bridgehead atoms. The van der Waals surface area contributed by atoms with E-state index in [1.165, 1.54) is 29.6 Å². The lowest BCUT2D eigenvalue weighted by atomic mass is 10.1. The minimum Gasteiger partial charge on any atom is -0.288 e. The molecule has 0 radical (unpaired) electrons. The van der Waals surface area contributed by atoms with Crippen LogP contribution in [0.1, 0.15) is 45.6 Å². The predicted molar refractivity (Wildman–Crippen MR) is 97.2 cm³/mol. The molecule has 0 spiro atoms. The first-order chi connectivity index (χ1) is 10.8. The summed E-state index contributed by atoms with van der Waals surface area (Å²) in [5.74, 6) is 0.458. The number of carbonyl (C=O) groups excluding carboxylic acids is 1. The van der Waals surface area contributed by atoms with Crippen molar-refractivity contribution in [1.82, 2.24) is 4.31 Å². The quantitative estimate of drug-likeness (QED) is 0.632. The highest BCUT2D eigenvalue weighted by Crippen LogP contribution is 2.20. The lowest BCUT2D eigenvalue weighted by Crippen LogP contribution is -2.36. The van der Waals surface area contributed by atoms with Gasteiger partial charge in [-0.1, -0.05) is 43.7 Å². The fourth-order valence-corrected chi connectivity index (χ4v) is 4.31. The van der Waals surface area contributed by atoms with E-state index in [-0.39, 0.29) is 11.2 Å². The first-order valence-electron chi connectivity index (χ1n) is 7.99. The number of benzene rings is 1. The van der Waals surface area contributed by atoms with Gasteiger partial charge < -0.3 is 0 Å². The second-order valence-corrected chi connectivity index (χ2v) is 8.97. The Morgan fingerprint density at radius 2 is 1.83 bits per heavy atom. The Balaban J connectivity index is 2.76. The first-order valence-corrected chi connectivity index (χ1v) is 10.4.